The Morgan fingerprint density at radius 1 is 1.17 bits per heavy atom. The van der Waals surface area contributed by atoms with E-state index in [1.54, 1.807) is 24.7 Å². The zero-order chi connectivity index (χ0) is 25.8. The Hall–Kier alpha value is -3.19. The number of pyridine rings is 1. The summed E-state index contributed by atoms with van der Waals surface area (Å²) in [5.41, 5.74) is 11.4. The number of hydrogen-bond acceptors (Lipinski definition) is 7. The van der Waals surface area contributed by atoms with Crippen LogP contribution >= 0.6 is 22.9 Å². The highest BCUT2D eigenvalue weighted by Crippen LogP contribution is 2.40. The molecule has 5 rings (SSSR count). The number of nitrogens with zero attached hydrogens (tertiary/aromatic N) is 4. The number of nitrogens with one attached hydrogen (secondary N) is 1. The fraction of sp³-hybridized carbons (Fsp3) is 0.174. The van der Waals surface area contributed by atoms with Gasteiger partial charge in [0.1, 0.15) is 11.6 Å². The third-order valence-electron chi connectivity index (χ3n) is 5.59. The van der Waals surface area contributed by atoms with Crippen molar-refractivity contribution in [2.45, 2.75) is 12.5 Å². The van der Waals surface area contributed by atoms with Crippen LogP contribution in [0.25, 0.3) is 32.4 Å². The number of hydrogen-bond donors (Lipinski definition) is 2. The van der Waals surface area contributed by atoms with E-state index in [-0.39, 0.29) is 12.2 Å². The van der Waals surface area contributed by atoms with Gasteiger partial charge in [-0.05, 0) is 36.2 Å². The van der Waals surface area contributed by atoms with Crippen molar-refractivity contribution in [3.05, 3.63) is 69.8 Å². The van der Waals surface area contributed by atoms with Crippen LogP contribution in [0.2, 0.25) is 5.02 Å². The van der Waals surface area contributed by atoms with E-state index in [4.69, 9.17) is 22.3 Å². The van der Waals surface area contributed by atoms with Gasteiger partial charge < -0.3 is 5.73 Å². The van der Waals surface area contributed by atoms with E-state index in [9.17, 15) is 17.2 Å². The summed E-state index contributed by atoms with van der Waals surface area (Å²) in [5.74, 6) is -1.30. The summed E-state index contributed by atoms with van der Waals surface area (Å²) >= 11 is 7.87. The van der Waals surface area contributed by atoms with E-state index in [2.05, 4.69) is 14.8 Å². The summed E-state index contributed by atoms with van der Waals surface area (Å²) in [4.78, 5) is 8.98. The first kappa shape index (κ1) is 24.5. The number of benzene rings is 2. The first-order chi connectivity index (χ1) is 17.0. The van der Waals surface area contributed by atoms with Crippen LogP contribution in [0, 0.1) is 11.6 Å². The van der Waals surface area contributed by atoms with Crippen molar-refractivity contribution in [2.24, 2.45) is 12.8 Å². The van der Waals surface area contributed by atoms with Gasteiger partial charge in [-0.1, -0.05) is 17.7 Å². The lowest BCUT2D eigenvalue weighted by Gasteiger charge is -2.17. The second kappa shape index (κ2) is 9.04. The number of fused-ring (bicyclic) bond motifs is 2. The average Bonchev–Trinajstić information content (AvgIpc) is 3.35. The zero-order valence-electron chi connectivity index (χ0n) is 19.0. The van der Waals surface area contributed by atoms with E-state index in [0.717, 1.165) is 17.0 Å². The molecule has 0 amide bonds. The van der Waals surface area contributed by atoms with Crippen molar-refractivity contribution in [1.29, 1.82) is 0 Å². The van der Waals surface area contributed by atoms with Crippen LogP contribution in [0.3, 0.4) is 0 Å². The van der Waals surface area contributed by atoms with Gasteiger partial charge in [0.2, 0.25) is 10.0 Å². The molecule has 0 saturated carbocycles. The number of anilines is 1. The first-order valence-electron chi connectivity index (χ1n) is 10.6. The minimum Gasteiger partial charge on any atom is -0.322 e. The maximum absolute atomic E-state index is 13.8. The van der Waals surface area contributed by atoms with Crippen LogP contribution in [-0.2, 0) is 23.5 Å². The molecule has 36 heavy (non-hydrogen) atoms. The average molecular weight is 549 g/mol. The van der Waals surface area contributed by atoms with Gasteiger partial charge in [-0.25, -0.2) is 27.2 Å². The molecule has 3 heterocycles. The second-order valence-electron chi connectivity index (χ2n) is 8.35. The number of thiazole rings is 1. The molecule has 0 saturated heterocycles. The van der Waals surface area contributed by atoms with Crippen LogP contribution in [0.15, 0.2) is 41.9 Å². The summed E-state index contributed by atoms with van der Waals surface area (Å²) in [5, 5.41) is 5.05. The maximum atomic E-state index is 13.8. The molecule has 1 unspecified atom stereocenters. The van der Waals surface area contributed by atoms with Gasteiger partial charge in [0, 0.05) is 24.2 Å². The Kier molecular flexibility index (Phi) is 6.15. The molecule has 0 fully saturated rings. The molecule has 0 aliphatic carbocycles. The van der Waals surface area contributed by atoms with Crippen LogP contribution in [0.1, 0.15) is 17.3 Å². The summed E-state index contributed by atoms with van der Waals surface area (Å²) in [6.45, 7) is 0. The Morgan fingerprint density at radius 2 is 1.89 bits per heavy atom. The van der Waals surface area contributed by atoms with E-state index in [0.29, 0.717) is 44.0 Å². The zero-order valence-corrected chi connectivity index (χ0v) is 21.3. The molecule has 0 aliphatic rings. The maximum Gasteiger partial charge on any atom is 0.231 e. The number of nitrogens with two attached hydrogens (primary N) is 1. The van der Waals surface area contributed by atoms with Gasteiger partial charge >= 0.3 is 0 Å². The van der Waals surface area contributed by atoms with E-state index < -0.39 is 27.7 Å². The van der Waals surface area contributed by atoms with Crippen molar-refractivity contribution in [3.63, 3.8) is 0 Å². The summed E-state index contributed by atoms with van der Waals surface area (Å²) in [7, 11) is -1.95. The predicted molar refractivity (Wildman–Crippen MR) is 138 cm³/mol. The van der Waals surface area contributed by atoms with Crippen molar-refractivity contribution in [1.82, 2.24) is 19.7 Å². The molecule has 2 aromatic carbocycles. The van der Waals surface area contributed by atoms with Crippen LogP contribution in [-0.4, -0.2) is 34.4 Å². The highest BCUT2D eigenvalue weighted by atomic mass is 35.5. The number of aryl methyl sites for hydroxylation is 1. The van der Waals surface area contributed by atoms with E-state index in [1.807, 2.05) is 6.07 Å². The van der Waals surface area contributed by atoms with E-state index >= 15 is 0 Å². The molecule has 0 spiro atoms. The Balaban J connectivity index is 1.72. The van der Waals surface area contributed by atoms with Crippen LogP contribution < -0.4 is 10.5 Å². The van der Waals surface area contributed by atoms with Gasteiger partial charge in [0.05, 0.1) is 44.1 Å². The van der Waals surface area contributed by atoms with Crippen molar-refractivity contribution in [2.75, 3.05) is 11.0 Å². The molecule has 3 aromatic heterocycles. The van der Waals surface area contributed by atoms with Gasteiger partial charge in [-0.2, -0.15) is 5.10 Å². The largest absolute Gasteiger partial charge is 0.322 e. The van der Waals surface area contributed by atoms with Gasteiger partial charge in [0.25, 0.3) is 0 Å². The third kappa shape index (κ3) is 4.64. The number of sulfonamides is 1. The summed E-state index contributed by atoms with van der Waals surface area (Å²) in [6, 6.07) is 7.83. The lowest BCUT2D eigenvalue weighted by Crippen LogP contribution is -2.17. The normalized spacial score (nSPS) is 12.9. The molecule has 3 N–H and O–H groups in total. The molecular weight excluding hydrogens is 530 g/mol. The molecule has 8 nitrogen and oxygen atoms in total. The monoisotopic (exact) mass is 548 g/mol. The van der Waals surface area contributed by atoms with Crippen LogP contribution in [0.4, 0.5) is 14.6 Å². The Labute approximate surface area is 213 Å². The molecule has 186 valence electrons. The second-order valence-corrected chi connectivity index (χ2v) is 11.4. The molecule has 5 aromatic rings. The standard InChI is InChI=1S/C23H19ClF2N6O2S2/c1-32-21-14(3-4-16(24)19(21)23(30-32)31-36(2,33)34)15-9-18-22(28-10-35-18)29-20(15)17(27)7-11-5-12(25)8-13(26)6-11/h3-6,8-10,17H,7,27H2,1-2H3,(H,30,31). The number of aromatic nitrogens is 4. The fourth-order valence-corrected chi connectivity index (χ4v) is 5.62. The van der Waals surface area contributed by atoms with Gasteiger partial charge in [0.15, 0.2) is 11.5 Å². The van der Waals surface area contributed by atoms with Crippen LogP contribution in [0.5, 0.6) is 0 Å². The Bertz CT molecular complexity index is 1730. The predicted octanol–water partition coefficient (Wildman–Crippen LogP) is 4.79. The fourth-order valence-electron chi connectivity index (χ4n) is 4.23. The molecular formula is C23H19ClF2N6O2S2. The summed E-state index contributed by atoms with van der Waals surface area (Å²) < 4.78 is 56.1. The summed E-state index contributed by atoms with van der Waals surface area (Å²) in [6.07, 6.45) is 1.15. The van der Waals surface area contributed by atoms with Crippen molar-refractivity contribution >= 4 is 60.0 Å². The van der Waals surface area contributed by atoms with Crippen molar-refractivity contribution < 1.29 is 17.2 Å². The highest BCUT2D eigenvalue weighted by molar-refractivity contribution is 7.92. The minimum absolute atomic E-state index is 0.0924. The molecule has 0 bridgehead atoms. The molecule has 0 radical (unpaired) electrons. The lowest BCUT2D eigenvalue weighted by atomic mass is 9.94. The topological polar surface area (TPSA) is 116 Å². The quantitative estimate of drug-likeness (QED) is 0.315. The first-order valence-corrected chi connectivity index (χ1v) is 13.7. The number of halogens is 3. The SMILES string of the molecule is Cn1nc(NS(C)(=O)=O)c2c(Cl)ccc(-c3cc4scnc4nc3C(N)Cc3cc(F)cc(F)c3)c21. The highest BCUT2D eigenvalue weighted by Gasteiger charge is 2.24. The molecule has 0 aliphatic heterocycles. The van der Waals surface area contributed by atoms with Crippen molar-refractivity contribution in [3.8, 4) is 11.1 Å². The number of rotatable bonds is 6. The molecule has 1 atom stereocenters. The third-order valence-corrected chi connectivity index (χ3v) is 7.24. The smallest absolute Gasteiger partial charge is 0.231 e. The minimum atomic E-state index is -3.62. The van der Waals surface area contributed by atoms with E-state index in [1.165, 1.54) is 28.2 Å². The van der Waals surface area contributed by atoms with Gasteiger partial charge in [-0.15, -0.1) is 11.3 Å². The molecule has 13 heteroatoms. The lowest BCUT2D eigenvalue weighted by molar-refractivity contribution is 0.576. The van der Waals surface area contributed by atoms with Gasteiger partial charge in [-0.3, -0.25) is 9.40 Å². The Morgan fingerprint density at radius 3 is 2.58 bits per heavy atom.